The number of thiophene rings is 2. The summed E-state index contributed by atoms with van der Waals surface area (Å²) in [7, 11) is 0. The fraction of sp³-hybridized carbons (Fsp3) is 0.167. The summed E-state index contributed by atoms with van der Waals surface area (Å²) in [5.41, 5.74) is 3.62. The lowest BCUT2D eigenvalue weighted by Crippen LogP contribution is -2.46. The quantitative estimate of drug-likeness (QED) is 0.356. The molecule has 0 fully saturated rings. The molecule has 0 amide bonds. The molecule has 8 rings (SSSR count). The summed E-state index contributed by atoms with van der Waals surface area (Å²) in [6.07, 6.45) is -1.47. The van der Waals surface area contributed by atoms with Crippen LogP contribution in [0, 0.1) is 0 Å². The molecule has 0 radical (unpaired) electrons. The molecule has 2 heterocycles. The minimum absolute atomic E-state index is 0.119. The lowest BCUT2D eigenvalue weighted by molar-refractivity contribution is -0.0139. The van der Waals surface area contributed by atoms with Gasteiger partial charge in [0, 0.05) is 26.8 Å². The van der Waals surface area contributed by atoms with Gasteiger partial charge in [0.15, 0.2) is 0 Å². The van der Waals surface area contributed by atoms with Crippen LogP contribution in [-0.2, 0) is 0 Å². The summed E-state index contributed by atoms with van der Waals surface area (Å²) in [4.78, 5) is 1.25. The summed E-state index contributed by atoms with van der Waals surface area (Å²) >= 11 is 3.65. The lowest BCUT2D eigenvalue weighted by Gasteiger charge is -2.45. The molecular formula is C24H16O2S2. The van der Waals surface area contributed by atoms with E-state index in [0.717, 1.165) is 0 Å². The van der Waals surface area contributed by atoms with Gasteiger partial charge in [0.1, 0.15) is 0 Å². The minimum Gasteiger partial charge on any atom is -0.389 e. The number of fused-ring (bicyclic) bond motifs is 5. The molecule has 4 heteroatoms. The van der Waals surface area contributed by atoms with Crippen LogP contribution >= 0.6 is 22.7 Å². The molecule has 0 saturated heterocycles. The van der Waals surface area contributed by atoms with Crippen molar-refractivity contribution >= 4 is 52.9 Å². The second-order valence-corrected chi connectivity index (χ2v) is 10.0. The van der Waals surface area contributed by atoms with Crippen LogP contribution in [0.2, 0.25) is 0 Å². The van der Waals surface area contributed by atoms with E-state index in [4.69, 9.17) is 0 Å². The highest BCUT2D eigenvalue weighted by Gasteiger charge is 2.50. The van der Waals surface area contributed by atoms with E-state index >= 15 is 0 Å². The number of benzene rings is 3. The van der Waals surface area contributed by atoms with Gasteiger partial charge in [0.2, 0.25) is 0 Å². The third-order valence-corrected chi connectivity index (χ3v) is 9.16. The zero-order valence-electron chi connectivity index (χ0n) is 14.8. The molecule has 4 atom stereocenters. The molecule has 3 aromatic carbocycles. The zero-order chi connectivity index (χ0) is 18.6. The number of rotatable bonds is 0. The Kier molecular flexibility index (Phi) is 2.92. The van der Waals surface area contributed by atoms with E-state index in [2.05, 4.69) is 48.5 Å². The molecule has 2 N–H and O–H groups in total. The molecular weight excluding hydrogens is 384 g/mol. The molecule has 2 aromatic heterocycles. The van der Waals surface area contributed by atoms with Gasteiger partial charge in [0.25, 0.3) is 0 Å². The van der Waals surface area contributed by atoms with Crippen LogP contribution < -0.4 is 0 Å². The van der Waals surface area contributed by atoms with Crippen LogP contribution in [0.4, 0.5) is 0 Å². The summed E-state index contributed by atoms with van der Waals surface area (Å²) in [6, 6.07) is 21.4. The molecule has 3 aliphatic rings. The number of hydrogen-bond acceptors (Lipinski definition) is 4. The van der Waals surface area contributed by atoms with E-state index in [1.165, 1.54) is 51.8 Å². The van der Waals surface area contributed by atoms with E-state index in [0.29, 0.717) is 0 Å². The lowest BCUT2D eigenvalue weighted by atomic mass is 9.64. The van der Waals surface area contributed by atoms with Gasteiger partial charge in [-0.15, -0.1) is 22.7 Å². The van der Waals surface area contributed by atoms with Gasteiger partial charge >= 0.3 is 0 Å². The molecule has 2 bridgehead atoms. The van der Waals surface area contributed by atoms with Gasteiger partial charge in [-0.05, 0) is 39.6 Å². The maximum Gasteiger partial charge on any atom is 0.0925 e. The van der Waals surface area contributed by atoms with E-state index in [-0.39, 0.29) is 11.8 Å². The fourth-order valence-electron chi connectivity index (χ4n) is 5.30. The topological polar surface area (TPSA) is 40.5 Å². The summed E-state index contributed by atoms with van der Waals surface area (Å²) in [5, 5.41) is 25.6. The van der Waals surface area contributed by atoms with Crippen molar-refractivity contribution < 1.29 is 10.2 Å². The first kappa shape index (κ1) is 15.7. The average Bonchev–Trinajstić information content (AvgIpc) is 3.25. The highest BCUT2D eigenvalue weighted by Crippen LogP contribution is 2.59. The highest BCUT2D eigenvalue weighted by atomic mass is 32.1. The maximum absolute atomic E-state index is 10.9. The van der Waals surface area contributed by atoms with Crippen molar-refractivity contribution in [1.82, 2.24) is 0 Å². The van der Waals surface area contributed by atoms with Crippen LogP contribution in [0.15, 0.2) is 60.7 Å². The Hall–Kier alpha value is -2.24. The predicted molar refractivity (Wildman–Crippen MR) is 117 cm³/mol. The molecule has 4 unspecified atom stereocenters. The van der Waals surface area contributed by atoms with Crippen LogP contribution in [0.1, 0.15) is 33.4 Å². The molecule has 5 aromatic rings. The van der Waals surface area contributed by atoms with Crippen molar-refractivity contribution in [3.63, 3.8) is 0 Å². The molecule has 28 heavy (non-hydrogen) atoms. The number of aliphatic hydroxyl groups is 2. The normalized spacial score (nSPS) is 25.5. The first-order valence-electron chi connectivity index (χ1n) is 9.55. The maximum atomic E-state index is 10.9. The first-order chi connectivity index (χ1) is 13.7. The van der Waals surface area contributed by atoms with Gasteiger partial charge in [-0.25, -0.2) is 0 Å². The van der Waals surface area contributed by atoms with Gasteiger partial charge in [-0.3, -0.25) is 0 Å². The highest BCUT2D eigenvalue weighted by molar-refractivity contribution is 7.33. The molecule has 0 aliphatic heterocycles. The molecule has 2 nitrogen and oxygen atoms in total. The standard InChI is InChI=1S/C24H16O2S2/c25-20-17-13-7-3-4-8-14(13)18(21(20)26)23-19(17)24-22(28-23)15-9-11-5-1-2-6-12(11)10-16(15)27-24/h1-10,17-18,20-21,25-26H. The van der Waals surface area contributed by atoms with Crippen molar-refractivity contribution in [2.75, 3.05) is 0 Å². The second-order valence-electron chi connectivity index (χ2n) is 7.90. The molecule has 0 saturated carbocycles. The van der Waals surface area contributed by atoms with Crippen molar-refractivity contribution in [3.05, 3.63) is 82.2 Å². The van der Waals surface area contributed by atoms with Crippen LogP contribution in [0.5, 0.6) is 0 Å². The largest absolute Gasteiger partial charge is 0.389 e. The second kappa shape index (κ2) is 5.22. The van der Waals surface area contributed by atoms with Gasteiger partial charge in [-0.1, -0.05) is 48.5 Å². The third-order valence-electron chi connectivity index (χ3n) is 6.53. The van der Waals surface area contributed by atoms with Crippen molar-refractivity contribution in [2.45, 2.75) is 24.0 Å². The SMILES string of the molecule is OC1C2c3ccccc3C(c3c2sc2c3sc3cc4ccccc4cc32)C1O. The Morgan fingerprint density at radius 1 is 0.679 bits per heavy atom. The van der Waals surface area contributed by atoms with Crippen LogP contribution in [0.3, 0.4) is 0 Å². The first-order valence-corrected chi connectivity index (χ1v) is 11.2. The van der Waals surface area contributed by atoms with E-state index in [1.807, 2.05) is 34.8 Å². The third kappa shape index (κ3) is 1.75. The molecule has 3 aliphatic carbocycles. The monoisotopic (exact) mass is 400 g/mol. The summed E-state index contributed by atoms with van der Waals surface area (Å²) in [6.45, 7) is 0. The van der Waals surface area contributed by atoms with E-state index in [9.17, 15) is 10.2 Å². The average molecular weight is 401 g/mol. The Balaban J connectivity index is 1.60. The van der Waals surface area contributed by atoms with Gasteiger partial charge in [0.05, 0.1) is 21.6 Å². The predicted octanol–water partition coefficient (Wildman–Crippen LogP) is 5.58. The Bertz CT molecular complexity index is 1430. The Labute approximate surface area is 169 Å². The number of hydrogen-bond donors (Lipinski definition) is 2. The van der Waals surface area contributed by atoms with E-state index in [1.54, 1.807) is 0 Å². The van der Waals surface area contributed by atoms with Gasteiger partial charge < -0.3 is 10.2 Å². The molecule has 136 valence electrons. The van der Waals surface area contributed by atoms with Crippen molar-refractivity contribution in [2.24, 2.45) is 0 Å². The zero-order valence-corrected chi connectivity index (χ0v) is 16.4. The number of aliphatic hydroxyl groups excluding tert-OH is 2. The van der Waals surface area contributed by atoms with Crippen molar-refractivity contribution in [1.29, 1.82) is 0 Å². The van der Waals surface area contributed by atoms with Crippen LogP contribution in [-0.4, -0.2) is 22.4 Å². The van der Waals surface area contributed by atoms with Crippen LogP contribution in [0.25, 0.3) is 30.3 Å². The fourth-order valence-corrected chi connectivity index (χ4v) is 8.34. The van der Waals surface area contributed by atoms with Crippen molar-refractivity contribution in [3.8, 4) is 0 Å². The van der Waals surface area contributed by atoms with E-state index < -0.39 is 12.2 Å². The smallest absolute Gasteiger partial charge is 0.0925 e. The Morgan fingerprint density at radius 3 is 2.11 bits per heavy atom. The van der Waals surface area contributed by atoms with Gasteiger partial charge in [-0.2, -0.15) is 0 Å². The summed E-state index contributed by atoms with van der Waals surface area (Å²) < 4.78 is 3.90. The summed E-state index contributed by atoms with van der Waals surface area (Å²) in [5.74, 6) is -0.256. The Morgan fingerprint density at radius 2 is 1.32 bits per heavy atom. The minimum atomic E-state index is -0.741. The molecule has 0 spiro atoms.